The van der Waals surface area contributed by atoms with E-state index in [1.165, 1.54) is 0 Å². The van der Waals surface area contributed by atoms with Crippen molar-refractivity contribution in [2.45, 2.75) is 25.3 Å². The van der Waals surface area contributed by atoms with Crippen molar-refractivity contribution in [1.29, 1.82) is 0 Å². The van der Waals surface area contributed by atoms with E-state index >= 15 is 0 Å². The van der Waals surface area contributed by atoms with Gasteiger partial charge in [-0.15, -0.1) is 0 Å². The molecule has 0 spiro atoms. The molecule has 0 aromatic heterocycles. The number of nitrogens with zero attached hydrogens (tertiary/aromatic N) is 1. The van der Waals surface area contributed by atoms with Crippen molar-refractivity contribution in [3.05, 3.63) is 30.3 Å². The molecule has 1 atom stereocenters. The second-order valence-corrected chi connectivity index (χ2v) is 6.01. The quantitative estimate of drug-likeness (QED) is 0.786. The monoisotopic (exact) mass is 304 g/mol. The molecule has 1 heterocycles. The molecule has 2 amide bonds. The van der Waals surface area contributed by atoms with Crippen molar-refractivity contribution in [1.82, 2.24) is 10.2 Å². The van der Waals surface area contributed by atoms with Crippen LogP contribution in [0.25, 0.3) is 0 Å². The fourth-order valence-corrected chi connectivity index (χ4v) is 2.73. The Labute approximate surface area is 131 Å². The van der Waals surface area contributed by atoms with Gasteiger partial charge in [0.2, 0.25) is 0 Å². The first-order chi connectivity index (χ1) is 10.8. The number of benzene rings is 1. The predicted octanol–water partition coefficient (Wildman–Crippen LogP) is 2.28. The number of rotatable bonds is 7. The molecule has 1 aromatic rings. The number of para-hydroxylation sites is 1. The minimum atomic E-state index is 0.0334. The van der Waals surface area contributed by atoms with Crippen LogP contribution in [0.15, 0.2) is 30.3 Å². The third kappa shape index (κ3) is 4.37. The summed E-state index contributed by atoms with van der Waals surface area (Å²) in [5.74, 6) is 1.32. The predicted molar refractivity (Wildman–Crippen MR) is 84.0 cm³/mol. The van der Waals surface area contributed by atoms with Crippen molar-refractivity contribution in [3.8, 4) is 5.75 Å². The van der Waals surface area contributed by atoms with E-state index in [0.717, 1.165) is 44.8 Å². The number of amides is 2. The van der Waals surface area contributed by atoms with Crippen LogP contribution >= 0.6 is 0 Å². The van der Waals surface area contributed by atoms with Gasteiger partial charge in [0.15, 0.2) is 0 Å². The summed E-state index contributed by atoms with van der Waals surface area (Å²) in [5.41, 5.74) is 0. The van der Waals surface area contributed by atoms with E-state index in [9.17, 15) is 4.79 Å². The molecule has 1 aliphatic heterocycles. The molecule has 120 valence electrons. The first kappa shape index (κ1) is 15.2. The molecule has 1 aliphatic carbocycles. The summed E-state index contributed by atoms with van der Waals surface area (Å²) in [7, 11) is 0. The van der Waals surface area contributed by atoms with E-state index < -0.39 is 0 Å². The number of ether oxygens (including phenoxy) is 2. The first-order valence-electron chi connectivity index (χ1n) is 8.13. The van der Waals surface area contributed by atoms with E-state index in [4.69, 9.17) is 9.47 Å². The molecule has 5 nitrogen and oxygen atoms in total. The second kappa shape index (κ2) is 7.49. The Bertz CT molecular complexity index is 470. The number of carbonyl (C=O) groups excluding carboxylic acids is 1. The van der Waals surface area contributed by atoms with Gasteiger partial charge >= 0.3 is 6.03 Å². The molecule has 22 heavy (non-hydrogen) atoms. The number of nitrogens with one attached hydrogen (secondary N) is 1. The van der Waals surface area contributed by atoms with Crippen LogP contribution in [-0.2, 0) is 4.74 Å². The Kier molecular flexibility index (Phi) is 5.16. The third-order valence-electron chi connectivity index (χ3n) is 4.12. The Hall–Kier alpha value is -1.75. The van der Waals surface area contributed by atoms with Crippen LogP contribution < -0.4 is 10.1 Å². The lowest BCUT2D eigenvalue weighted by Gasteiger charge is -2.25. The fraction of sp³-hybridized carbons (Fsp3) is 0.588. The SMILES string of the molecule is O=C(NCCOc1ccccc1)N(CC1CCOC1)C1CC1. The average molecular weight is 304 g/mol. The third-order valence-corrected chi connectivity index (χ3v) is 4.12. The topological polar surface area (TPSA) is 50.8 Å². The van der Waals surface area contributed by atoms with Gasteiger partial charge in [0.1, 0.15) is 12.4 Å². The highest BCUT2D eigenvalue weighted by Crippen LogP contribution is 2.28. The summed E-state index contributed by atoms with van der Waals surface area (Å²) in [4.78, 5) is 14.3. The zero-order chi connectivity index (χ0) is 15.2. The number of urea groups is 1. The number of hydrogen-bond acceptors (Lipinski definition) is 3. The lowest BCUT2D eigenvalue weighted by atomic mass is 10.1. The summed E-state index contributed by atoms with van der Waals surface area (Å²) in [6.07, 6.45) is 3.32. The maximum Gasteiger partial charge on any atom is 0.317 e. The summed E-state index contributed by atoms with van der Waals surface area (Å²) in [6, 6.07) is 10.1. The molecule has 2 aliphatic rings. The molecule has 3 rings (SSSR count). The van der Waals surface area contributed by atoms with Gasteiger partial charge in [-0.2, -0.15) is 0 Å². The minimum absolute atomic E-state index is 0.0334. The van der Waals surface area contributed by atoms with Gasteiger partial charge in [0, 0.05) is 25.1 Å². The fourth-order valence-electron chi connectivity index (χ4n) is 2.73. The van der Waals surface area contributed by atoms with Gasteiger partial charge in [0.05, 0.1) is 13.2 Å². The first-order valence-corrected chi connectivity index (χ1v) is 8.13. The normalized spacial score (nSPS) is 20.6. The van der Waals surface area contributed by atoms with E-state index in [0.29, 0.717) is 25.1 Å². The lowest BCUT2D eigenvalue weighted by Crippen LogP contribution is -2.45. The van der Waals surface area contributed by atoms with E-state index in [1.54, 1.807) is 0 Å². The van der Waals surface area contributed by atoms with Crippen molar-refractivity contribution in [3.63, 3.8) is 0 Å². The van der Waals surface area contributed by atoms with Gasteiger partial charge < -0.3 is 19.7 Å². The van der Waals surface area contributed by atoms with Gasteiger partial charge in [-0.1, -0.05) is 18.2 Å². The molecule has 1 aromatic carbocycles. The molecule has 2 fully saturated rings. The van der Waals surface area contributed by atoms with Crippen LogP contribution in [0.1, 0.15) is 19.3 Å². The summed E-state index contributed by atoms with van der Waals surface area (Å²) in [5, 5.41) is 2.97. The van der Waals surface area contributed by atoms with Crippen LogP contribution in [0, 0.1) is 5.92 Å². The van der Waals surface area contributed by atoms with Gasteiger partial charge in [-0.25, -0.2) is 4.79 Å². The molecule has 1 unspecified atom stereocenters. The molecule has 0 radical (unpaired) electrons. The van der Waals surface area contributed by atoms with Crippen LogP contribution in [0.2, 0.25) is 0 Å². The molecule has 0 bridgehead atoms. The van der Waals surface area contributed by atoms with Crippen LogP contribution in [0.5, 0.6) is 5.75 Å². The minimum Gasteiger partial charge on any atom is -0.492 e. The van der Waals surface area contributed by atoms with Crippen LogP contribution in [0.4, 0.5) is 4.79 Å². The van der Waals surface area contributed by atoms with Crippen LogP contribution in [-0.4, -0.2) is 49.9 Å². The van der Waals surface area contributed by atoms with Crippen LogP contribution in [0.3, 0.4) is 0 Å². The molecule has 1 saturated heterocycles. The lowest BCUT2D eigenvalue weighted by molar-refractivity contribution is 0.161. The maximum absolute atomic E-state index is 12.3. The van der Waals surface area contributed by atoms with E-state index in [-0.39, 0.29) is 6.03 Å². The van der Waals surface area contributed by atoms with Gasteiger partial charge in [-0.05, 0) is 31.4 Å². The van der Waals surface area contributed by atoms with Crippen molar-refractivity contribution >= 4 is 6.03 Å². The summed E-state index contributed by atoms with van der Waals surface area (Å²) < 4.78 is 11.0. The average Bonchev–Trinajstić information content (AvgIpc) is 3.26. The zero-order valence-corrected chi connectivity index (χ0v) is 12.9. The molecule has 1 saturated carbocycles. The van der Waals surface area contributed by atoms with Gasteiger partial charge in [0.25, 0.3) is 0 Å². The van der Waals surface area contributed by atoms with Crippen molar-refractivity contribution in [2.75, 3.05) is 32.9 Å². The van der Waals surface area contributed by atoms with Gasteiger partial charge in [-0.3, -0.25) is 0 Å². The summed E-state index contributed by atoms with van der Waals surface area (Å²) >= 11 is 0. The molecule has 5 heteroatoms. The Morgan fingerprint density at radius 3 is 2.77 bits per heavy atom. The van der Waals surface area contributed by atoms with Crippen molar-refractivity contribution < 1.29 is 14.3 Å². The highest BCUT2D eigenvalue weighted by molar-refractivity contribution is 5.74. The second-order valence-electron chi connectivity index (χ2n) is 6.01. The highest BCUT2D eigenvalue weighted by atomic mass is 16.5. The maximum atomic E-state index is 12.3. The molecule has 1 N–H and O–H groups in total. The largest absolute Gasteiger partial charge is 0.492 e. The Balaban J connectivity index is 1.39. The Morgan fingerprint density at radius 2 is 2.09 bits per heavy atom. The van der Waals surface area contributed by atoms with E-state index in [1.807, 2.05) is 35.2 Å². The summed E-state index contributed by atoms with van der Waals surface area (Å²) in [6.45, 7) is 3.44. The smallest absolute Gasteiger partial charge is 0.317 e. The Morgan fingerprint density at radius 1 is 1.27 bits per heavy atom. The highest BCUT2D eigenvalue weighted by Gasteiger charge is 2.34. The molecular weight excluding hydrogens is 280 g/mol. The zero-order valence-electron chi connectivity index (χ0n) is 12.9. The number of hydrogen-bond donors (Lipinski definition) is 1. The number of carbonyl (C=O) groups is 1. The van der Waals surface area contributed by atoms with Crippen molar-refractivity contribution in [2.24, 2.45) is 5.92 Å². The standard InChI is InChI=1S/C17H24N2O3/c20-17(18-9-11-22-16-4-2-1-3-5-16)19(15-6-7-15)12-14-8-10-21-13-14/h1-5,14-15H,6-13H2,(H,18,20). The van der Waals surface area contributed by atoms with E-state index in [2.05, 4.69) is 5.32 Å². The molecular formula is C17H24N2O3.